The first-order valence-corrected chi connectivity index (χ1v) is 7.08. The van der Waals surface area contributed by atoms with Crippen molar-refractivity contribution in [2.75, 3.05) is 16.5 Å². The largest absolute Gasteiger partial charge is 0.349 e. The summed E-state index contributed by atoms with van der Waals surface area (Å²) in [6, 6.07) is 9.88. The van der Waals surface area contributed by atoms with Gasteiger partial charge in [0.15, 0.2) is 0 Å². The van der Waals surface area contributed by atoms with Crippen LogP contribution in [0, 0.1) is 20.2 Å². The van der Waals surface area contributed by atoms with Crippen LogP contribution in [-0.4, -0.2) is 16.5 Å². The fraction of sp³-hybridized carbons (Fsp3) is 0.200. The Morgan fingerprint density at radius 2 is 1.70 bits per heavy atom. The molecule has 0 N–H and O–H groups in total. The Morgan fingerprint density at radius 3 is 2.43 bits per heavy atom. The molecule has 0 unspecified atom stereocenters. The van der Waals surface area contributed by atoms with Crippen molar-refractivity contribution in [2.24, 2.45) is 0 Å². The molecule has 0 fully saturated rings. The van der Waals surface area contributed by atoms with Gasteiger partial charge in [0.1, 0.15) is 0 Å². The zero-order valence-electron chi connectivity index (χ0n) is 12.0. The van der Waals surface area contributed by atoms with E-state index in [4.69, 9.17) is 0 Å². The first-order valence-electron chi connectivity index (χ1n) is 7.08. The lowest BCUT2D eigenvalue weighted by Gasteiger charge is -2.44. The number of hydrogen-bond acceptors (Lipinski definition) is 6. The summed E-state index contributed by atoms with van der Waals surface area (Å²) >= 11 is 0. The fourth-order valence-corrected chi connectivity index (χ4v) is 3.31. The van der Waals surface area contributed by atoms with E-state index in [2.05, 4.69) is 4.90 Å². The minimum Gasteiger partial charge on any atom is -0.349 e. The summed E-state index contributed by atoms with van der Waals surface area (Å²) in [5.41, 5.74) is 3.40. The molecular formula is C15H12N4O4. The third-order valence-electron chi connectivity index (χ3n) is 4.34. The summed E-state index contributed by atoms with van der Waals surface area (Å²) in [6.45, 7) is 1.53. The zero-order chi connectivity index (χ0) is 16.1. The number of anilines is 2. The van der Waals surface area contributed by atoms with Gasteiger partial charge in [-0.2, -0.15) is 0 Å². The van der Waals surface area contributed by atoms with Crippen molar-refractivity contribution in [1.82, 2.24) is 0 Å². The minimum absolute atomic E-state index is 0.0329. The Labute approximate surface area is 130 Å². The molecule has 0 amide bonds. The molecule has 2 bridgehead atoms. The van der Waals surface area contributed by atoms with Gasteiger partial charge in [0.05, 0.1) is 40.0 Å². The second-order valence-electron chi connectivity index (χ2n) is 5.64. The zero-order valence-corrected chi connectivity index (χ0v) is 12.0. The lowest BCUT2D eigenvalue weighted by Crippen LogP contribution is -2.46. The van der Waals surface area contributed by atoms with Crippen LogP contribution in [0.5, 0.6) is 0 Å². The molecule has 0 atom stereocenters. The average Bonchev–Trinajstić information content (AvgIpc) is 2.54. The fourth-order valence-electron chi connectivity index (χ4n) is 3.31. The Kier molecular flexibility index (Phi) is 2.74. The van der Waals surface area contributed by atoms with Crippen molar-refractivity contribution in [3.05, 3.63) is 67.8 Å². The van der Waals surface area contributed by atoms with Crippen LogP contribution in [0.2, 0.25) is 0 Å². The molecule has 116 valence electrons. The monoisotopic (exact) mass is 312 g/mol. The van der Waals surface area contributed by atoms with Crippen molar-refractivity contribution < 1.29 is 9.85 Å². The van der Waals surface area contributed by atoms with Crippen LogP contribution in [0.1, 0.15) is 11.1 Å². The number of nitro groups is 2. The number of non-ortho nitro benzene ring substituents is 1. The van der Waals surface area contributed by atoms with Crippen molar-refractivity contribution in [2.45, 2.75) is 13.1 Å². The van der Waals surface area contributed by atoms with Crippen LogP contribution >= 0.6 is 0 Å². The summed E-state index contributed by atoms with van der Waals surface area (Å²) in [5, 5.41) is 22.2. The number of fused-ring (bicyclic) bond motifs is 6. The van der Waals surface area contributed by atoms with E-state index >= 15 is 0 Å². The summed E-state index contributed by atoms with van der Waals surface area (Å²) < 4.78 is 0. The summed E-state index contributed by atoms with van der Waals surface area (Å²) in [6.07, 6.45) is 0. The number of hydrogen-bond donors (Lipinski definition) is 0. The van der Waals surface area contributed by atoms with E-state index in [0.717, 1.165) is 16.9 Å². The van der Waals surface area contributed by atoms with Crippen LogP contribution < -0.4 is 9.80 Å². The molecule has 2 aliphatic heterocycles. The summed E-state index contributed by atoms with van der Waals surface area (Å²) in [5.74, 6) is 0. The Morgan fingerprint density at radius 1 is 0.913 bits per heavy atom. The van der Waals surface area contributed by atoms with Gasteiger partial charge in [-0.15, -0.1) is 0 Å². The molecule has 8 nitrogen and oxygen atoms in total. The van der Waals surface area contributed by atoms with E-state index in [1.54, 1.807) is 18.2 Å². The van der Waals surface area contributed by atoms with E-state index in [1.807, 2.05) is 11.0 Å². The Bertz CT molecular complexity index is 851. The molecule has 0 spiro atoms. The van der Waals surface area contributed by atoms with Crippen molar-refractivity contribution in [3.63, 3.8) is 0 Å². The van der Waals surface area contributed by atoms with Crippen LogP contribution in [0.15, 0.2) is 36.4 Å². The van der Waals surface area contributed by atoms with Crippen LogP contribution in [0.3, 0.4) is 0 Å². The molecule has 2 aromatic carbocycles. The highest BCUT2D eigenvalue weighted by Gasteiger charge is 2.33. The van der Waals surface area contributed by atoms with Gasteiger partial charge in [0.25, 0.3) is 11.4 Å². The van der Waals surface area contributed by atoms with Crippen LogP contribution in [0.25, 0.3) is 0 Å². The maximum absolute atomic E-state index is 11.3. The van der Waals surface area contributed by atoms with Gasteiger partial charge >= 0.3 is 0 Å². The first kappa shape index (κ1) is 13.5. The molecule has 2 heterocycles. The maximum atomic E-state index is 11.3. The van der Waals surface area contributed by atoms with Crippen molar-refractivity contribution in [3.8, 4) is 0 Å². The van der Waals surface area contributed by atoms with Gasteiger partial charge in [-0.1, -0.05) is 6.07 Å². The van der Waals surface area contributed by atoms with E-state index < -0.39 is 4.92 Å². The van der Waals surface area contributed by atoms with Crippen molar-refractivity contribution >= 4 is 22.7 Å². The predicted molar refractivity (Wildman–Crippen MR) is 83.4 cm³/mol. The molecule has 0 saturated heterocycles. The molecular weight excluding hydrogens is 300 g/mol. The van der Waals surface area contributed by atoms with Crippen LogP contribution in [0.4, 0.5) is 22.7 Å². The Hall–Kier alpha value is -3.16. The molecule has 23 heavy (non-hydrogen) atoms. The topological polar surface area (TPSA) is 92.8 Å². The molecule has 0 aromatic heterocycles. The molecule has 2 aromatic rings. The third kappa shape index (κ3) is 1.99. The molecule has 4 rings (SSSR count). The standard InChI is InChI=1S/C15H12N4O4/c20-18(21)11-5-4-10-7-16-9-17(15(10)6-11)8-12-13(16)2-1-3-14(12)19(22)23/h1-6H,7-9H2. The van der Waals surface area contributed by atoms with Gasteiger partial charge in [-0.05, 0) is 17.7 Å². The minimum atomic E-state index is -0.424. The van der Waals surface area contributed by atoms with Gasteiger partial charge < -0.3 is 9.80 Å². The summed E-state index contributed by atoms with van der Waals surface area (Å²) in [7, 11) is 0. The van der Waals surface area contributed by atoms with E-state index in [0.29, 0.717) is 25.3 Å². The SMILES string of the molecule is O=[N+]([O-])c1ccc2c(c1)N1Cc3c(cccc3[N+](=O)[O-])N(C2)C1. The predicted octanol–water partition coefficient (Wildman–Crippen LogP) is 2.80. The molecule has 0 radical (unpaired) electrons. The molecule has 2 aliphatic rings. The molecule has 0 aliphatic carbocycles. The number of nitro benzene ring substituents is 2. The van der Waals surface area contributed by atoms with E-state index in [1.165, 1.54) is 12.1 Å². The number of benzene rings is 2. The number of rotatable bonds is 2. The van der Waals surface area contributed by atoms with Crippen molar-refractivity contribution in [1.29, 1.82) is 0 Å². The van der Waals surface area contributed by atoms with Crippen LogP contribution in [-0.2, 0) is 13.1 Å². The van der Waals surface area contributed by atoms with Gasteiger partial charge in [0, 0.05) is 24.7 Å². The lowest BCUT2D eigenvalue weighted by atomic mass is 10.00. The van der Waals surface area contributed by atoms with Gasteiger partial charge in [0.2, 0.25) is 0 Å². The summed E-state index contributed by atoms with van der Waals surface area (Å²) in [4.78, 5) is 25.4. The van der Waals surface area contributed by atoms with E-state index in [-0.39, 0.29) is 16.3 Å². The van der Waals surface area contributed by atoms with E-state index in [9.17, 15) is 20.2 Å². The molecule has 8 heteroatoms. The first-order chi connectivity index (χ1) is 11.0. The maximum Gasteiger partial charge on any atom is 0.276 e. The highest BCUT2D eigenvalue weighted by atomic mass is 16.6. The third-order valence-corrected chi connectivity index (χ3v) is 4.34. The smallest absolute Gasteiger partial charge is 0.276 e. The normalized spacial score (nSPS) is 15.0. The Balaban J connectivity index is 1.83. The second kappa shape index (κ2) is 4.67. The highest BCUT2D eigenvalue weighted by molar-refractivity contribution is 5.72. The average molecular weight is 312 g/mol. The molecule has 0 saturated carbocycles. The van der Waals surface area contributed by atoms with Gasteiger partial charge in [-0.3, -0.25) is 20.2 Å². The second-order valence-corrected chi connectivity index (χ2v) is 5.64. The highest BCUT2D eigenvalue weighted by Crippen LogP contribution is 2.41. The van der Waals surface area contributed by atoms with Gasteiger partial charge in [-0.25, -0.2) is 0 Å². The quantitative estimate of drug-likeness (QED) is 0.625. The number of nitrogens with zero attached hydrogens (tertiary/aromatic N) is 4. The lowest BCUT2D eigenvalue weighted by molar-refractivity contribution is -0.385.